The van der Waals surface area contributed by atoms with Crippen LogP contribution in [-0.4, -0.2) is 67.7 Å². The van der Waals surface area contributed by atoms with Gasteiger partial charge in [0.1, 0.15) is 17.2 Å². The molecule has 0 saturated carbocycles. The zero-order valence-electron chi connectivity index (χ0n) is 28.9. The molecular weight excluding hydrogens is 806 g/mol. The van der Waals surface area contributed by atoms with Crippen molar-refractivity contribution >= 4 is 123 Å². The lowest BCUT2D eigenvalue weighted by molar-refractivity contribution is -0.102. The summed E-state index contributed by atoms with van der Waals surface area (Å²) in [6.45, 7) is 20.2. The van der Waals surface area contributed by atoms with Gasteiger partial charge in [-0.15, -0.1) is 23.2 Å². The molecule has 0 aliphatic heterocycles. The van der Waals surface area contributed by atoms with Crippen LogP contribution >= 0.6 is 92.8 Å². The highest BCUT2D eigenvalue weighted by molar-refractivity contribution is 6.67. The number of para-hydroxylation sites is 4. The van der Waals surface area contributed by atoms with Crippen LogP contribution in [0.4, 0.5) is 16.2 Å². The fourth-order valence-corrected chi connectivity index (χ4v) is 3.78. The molecule has 2 rings (SSSR count). The Morgan fingerprint density at radius 3 is 1.49 bits per heavy atom. The molecule has 0 aliphatic carbocycles. The molecule has 0 bridgehead atoms. The van der Waals surface area contributed by atoms with Crippen LogP contribution in [0.1, 0.15) is 62.3 Å². The van der Waals surface area contributed by atoms with Crippen molar-refractivity contribution in [3.63, 3.8) is 0 Å². The molecule has 49 heavy (non-hydrogen) atoms. The number of halogens is 8. The zero-order valence-corrected chi connectivity index (χ0v) is 35.0. The van der Waals surface area contributed by atoms with Gasteiger partial charge in [0, 0.05) is 12.1 Å². The third-order valence-corrected chi connectivity index (χ3v) is 5.34. The fraction of sp³-hybridized carbons (Fsp3) is 0.531. The topological polar surface area (TPSA) is 113 Å². The Labute approximate surface area is 331 Å². The summed E-state index contributed by atoms with van der Waals surface area (Å²) in [5, 5.41) is 0.194. The standard InChI is InChI=1S/C11H13NO2.C9H13NO.C8H19N.C3Cl6O3.CH2Cl2/c1-9(2)14-11-6-4-3-5-10(11)12-7-8-13;1-7(2)11-9-6-4-3-5-8(9)10;1-6-9(7(2)3)8(4)5;4-2(5,6)11-1(10)12-3(7,8)9;2-1-3/h3-9H,1-2H3;3-7H,10H2,1-2H3;7-8H,6H2,1-5H3;;1H2. The number of alkyl halides is 8. The first kappa shape index (κ1) is 52.1. The van der Waals surface area contributed by atoms with E-state index in [0.717, 1.165) is 12.3 Å². The van der Waals surface area contributed by atoms with Gasteiger partial charge in [-0.05, 0) is 156 Å². The number of nitrogens with zero attached hydrogens (tertiary/aromatic N) is 2. The van der Waals surface area contributed by atoms with Gasteiger partial charge in [0.15, 0.2) is 6.29 Å². The van der Waals surface area contributed by atoms with Gasteiger partial charge < -0.3 is 24.7 Å². The highest BCUT2D eigenvalue weighted by atomic mass is 35.6. The Kier molecular flexibility index (Phi) is 31.2. The molecule has 0 amide bonds. The Bertz CT molecular complexity index is 1150. The maximum Gasteiger partial charge on any atom is 0.515 e. The molecule has 0 heterocycles. The smallest absolute Gasteiger partial charge is 0.489 e. The molecule has 17 heteroatoms. The molecule has 0 unspecified atom stereocenters. The second-order valence-electron chi connectivity index (χ2n) is 10.2. The van der Waals surface area contributed by atoms with Gasteiger partial charge in [-0.25, -0.2) is 9.79 Å². The van der Waals surface area contributed by atoms with Gasteiger partial charge in [0.05, 0.1) is 29.4 Å². The van der Waals surface area contributed by atoms with Gasteiger partial charge in [0.2, 0.25) is 0 Å². The predicted octanol–water partition coefficient (Wildman–Crippen LogP) is 11.8. The van der Waals surface area contributed by atoms with Crippen molar-refractivity contribution in [2.75, 3.05) is 17.6 Å². The summed E-state index contributed by atoms with van der Waals surface area (Å²) in [4.78, 5) is 27.1. The molecule has 0 aliphatic rings. The van der Waals surface area contributed by atoms with Crippen molar-refractivity contribution < 1.29 is 28.5 Å². The van der Waals surface area contributed by atoms with E-state index in [1.807, 2.05) is 70.2 Å². The molecule has 9 nitrogen and oxygen atoms in total. The highest BCUT2D eigenvalue weighted by Gasteiger charge is 2.32. The summed E-state index contributed by atoms with van der Waals surface area (Å²) in [5.74, 6) is 1.46. The maximum atomic E-state index is 10.5. The molecule has 0 saturated heterocycles. The number of aldehydes is 1. The fourth-order valence-electron chi connectivity index (χ4n) is 3.41. The van der Waals surface area contributed by atoms with E-state index in [-0.39, 0.29) is 17.5 Å². The number of hydrogen-bond donors (Lipinski definition) is 1. The Balaban J connectivity index is -0.000000566. The van der Waals surface area contributed by atoms with Gasteiger partial charge in [0.25, 0.3) is 0 Å². The minimum atomic E-state index is -2.24. The molecule has 0 atom stereocenters. The van der Waals surface area contributed by atoms with Gasteiger partial charge in [-0.3, -0.25) is 9.69 Å². The second-order valence-corrected chi connectivity index (χ2v) is 15.4. The zero-order chi connectivity index (χ0) is 38.8. The summed E-state index contributed by atoms with van der Waals surface area (Å²) in [6, 6.07) is 16.2. The predicted molar refractivity (Wildman–Crippen MR) is 210 cm³/mol. The van der Waals surface area contributed by atoms with Crippen molar-refractivity contribution in [2.45, 2.75) is 94.6 Å². The quantitative estimate of drug-likeness (QED) is 0.0872. The molecule has 2 N–H and O–H groups in total. The van der Waals surface area contributed by atoms with Crippen LogP contribution in [0.15, 0.2) is 53.5 Å². The van der Waals surface area contributed by atoms with Crippen molar-refractivity contribution in [1.29, 1.82) is 0 Å². The van der Waals surface area contributed by atoms with Crippen LogP contribution in [0.25, 0.3) is 0 Å². The van der Waals surface area contributed by atoms with E-state index in [0.29, 0.717) is 35.5 Å². The van der Waals surface area contributed by atoms with E-state index < -0.39 is 14.1 Å². The Hall–Kier alpha value is -1.27. The van der Waals surface area contributed by atoms with Crippen LogP contribution in [0.3, 0.4) is 0 Å². The molecule has 0 spiro atoms. The molecule has 2 aromatic rings. The third-order valence-electron chi connectivity index (χ3n) is 4.87. The van der Waals surface area contributed by atoms with Crippen LogP contribution in [0.2, 0.25) is 0 Å². The van der Waals surface area contributed by atoms with Gasteiger partial charge in [-0.2, -0.15) is 0 Å². The first-order valence-corrected chi connectivity index (χ1v) is 18.1. The lowest BCUT2D eigenvalue weighted by Gasteiger charge is -2.28. The number of nitrogens with two attached hydrogens (primary N) is 1. The molecule has 2 aromatic carbocycles. The van der Waals surface area contributed by atoms with E-state index in [1.165, 1.54) is 6.21 Å². The average Bonchev–Trinajstić information content (AvgIpc) is 2.93. The summed E-state index contributed by atoms with van der Waals surface area (Å²) < 4.78 is 14.4. The summed E-state index contributed by atoms with van der Waals surface area (Å²) in [6.07, 6.45) is 0.728. The number of carbonyl (C=O) groups is 2. The van der Waals surface area contributed by atoms with E-state index in [9.17, 15) is 9.59 Å². The van der Waals surface area contributed by atoms with Crippen molar-refractivity contribution in [2.24, 2.45) is 4.99 Å². The number of aliphatic imine (C=N–C) groups is 1. The lowest BCUT2D eigenvalue weighted by atomic mass is 10.2. The number of ether oxygens (including phenoxy) is 4. The highest BCUT2D eigenvalue weighted by Crippen LogP contribution is 2.32. The normalized spacial score (nSPS) is 11.0. The van der Waals surface area contributed by atoms with Crippen molar-refractivity contribution in [3.8, 4) is 11.5 Å². The van der Waals surface area contributed by atoms with Crippen LogP contribution in [0.5, 0.6) is 11.5 Å². The molecule has 0 aromatic heterocycles. The van der Waals surface area contributed by atoms with E-state index in [2.05, 4.69) is 54.0 Å². The molecular formula is C32H47Cl8N3O6. The van der Waals surface area contributed by atoms with E-state index >= 15 is 0 Å². The lowest BCUT2D eigenvalue weighted by Crippen LogP contribution is -2.36. The average molecular weight is 853 g/mol. The van der Waals surface area contributed by atoms with Gasteiger partial charge in [-0.1, -0.05) is 31.2 Å². The first-order valence-electron chi connectivity index (χ1n) is 14.7. The SMILES string of the molecule is CC(C)Oc1ccccc1N.CC(C)Oc1ccccc1N=CC=O.CCN(C(C)C)C(C)C.ClCCl.O=C(OC(Cl)(Cl)Cl)OC(Cl)(Cl)Cl. The Morgan fingerprint density at radius 1 is 0.776 bits per heavy atom. The van der Waals surface area contributed by atoms with Crippen molar-refractivity contribution in [3.05, 3.63) is 48.5 Å². The van der Waals surface area contributed by atoms with Crippen LogP contribution in [0, 0.1) is 0 Å². The van der Waals surface area contributed by atoms with E-state index in [4.69, 9.17) is 108 Å². The number of anilines is 1. The maximum absolute atomic E-state index is 10.5. The second kappa shape index (κ2) is 29.3. The molecule has 0 fully saturated rings. The number of nitrogen functional groups attached to an aromatic ring is 1. The van der Waals surface area contributed by atoms with Gasteiger partial charge >= 0.3 is 14.1 Å². The third kappa shape index (κ3) is 33.6. The van der Waals surface area contributed by atoms with Crippen LogP contribution in [-0.2, 0) is 14.3 Å². The first-order chi connectivity index (χ1) is 22.5. The van der Waals surface area contributed by atoms with E-state index in [1.54, 1.807) is 6.07 Å². The molecule has 0 radical (unpaired) electrons. The largest absolute Gasteiger partial charge is 0.515 e. The number of hydrogen-bond acceptors (Lipinski definition) is 9. The summed E-state index contributed by atoms with van der Waals surface area (Å²) >= 11 is 39.7. The van der Waals surface area contributed by atoms with Crippen molar-refractivity contribution in [1.82, 2.24) is 4.90 Å². The number of rotatable bonds is 9. The molecule has 282 valence electrons. The summed E-state index contributed by atoms with van der Waals surface area (Å²) in [5.41, 5.74) is 7.01. The number of benzene rings is 2. The number of carbonyl (C=O) groups excluding carboxylic acids is 2. The Morgan fingerprint density at radius 2 is 1.16 bits per heavy atom. The summed E-state index contributed by atoms with van der Waals surface area (Å²) in [7, 11) is 0. The monoisotopic (exact) mass is 849 g/mol. The van der Waals surface area contributed by atoms with Crippen LogP contribution < -0.4 is 15.2 Å². The minimum Gasteiger partial charge on any atom is -0.489 e. The minimum absolute atomic E-state index is 0.0996.